The van der Waals surface area contributed by atoms with Gasteiger partial charge in [0.2, 0.25) is 5.91 Å². The van der Waals surface area contributed by atoms with Gasteiger partial charge in [-0.05, 0) is 35.7 Å². The second-order valence-corrected chi connectivity index (χ2v) is 6.52. The van der Waals surface area contributed by atoms with Crippen LogP contribution in [0.3, 0.4) is 0 Å². The van der Waals surface area contributed by atoms with Crippen LogP contribution in [0.1, 0.15) is 6.42 Å². The Morgan fingerprint density at radius 2 is 1.75 bits per heavy atom. The van der Waals surface area contributed by atoms with Crippen LogP contribution in [0.25, 0.3) is 10.8 Å². The largest absolute Gasteiger partial charge is 0.497 e. The second-order valence-electron chi connectivity index (χ2n) is 5.35. The first-order valence-electron chi connectivity index (χ1n) is 7.81. The molecule has 3 nitrogen and oxygen atoms in total. The maximum absolute atomic E-state index is 12.2. The SMILES string of the molecule is COc1ccc(SCCC(=O)Nc2cccc3ccccc23)cc1. The van der Waals surface area contributed by atoms with Gasteiger partial charge in [0.25, 0.3) is 0 Å². The maximum Gasteiger partial charge on any atom is 0.225 e. The summed E-state index contributed by atoms with van der Waals surface area (Å²) in [5.41, 5.74) is 0.868. The molecule has 1 N–H and O–H groups in total. The molecule has 0 aliphatic carbocycles. The van der Waals surface area contributed by atoms with Crippen molar-refractivity contribution in [1.82, 2.24) is 0 Å². The van der Waals surface area contributed by atoms with E-state index in [1.807, 2.05) is 66.7 Å². The summed E-state index contributed by atoms with van der Waals surface area (Å²) in [7, 11) is 1.65. The van der Waals surface area contributed by atoms with E-state index in [1.54, 1.807) is 18.9 Å². The molecule has 0 aromatic heterocycles. The van der Waals surface area contributed by atoms with Crippen molar-refractivity contribution in [2.45, 2.75) is 11.3 Å². The first kappa shape index (κ1) is 16.4. The number of hydrogen-bond donors (Lipinski definition) is 1. The Hall–Kier alpha value is -2.46. The molecule has 0 saturated carbocycles. The normalized spacial score (nSPS) is 10.5. The molecule has 0 fully saturated rings. The lowest BCUT2D eigenvalue weighted by Gasteiger charge is -2.09. The van der Waals surface area contributed by atoms with Gasteiger partial charge in [0.15, 0.2) is 0 Å². The summed E-state index contributed by atoms with van der Waals surface area (Å²) >= 11 is 1.67. The number of fused-ring (bicyclic) bond motifs is 1. The van der Waals surface area contributed by atoms with Crippen molar-refractivity contribution in [2.24, 2.45) is 0 Å². The molecule has 0 saturated heterocycles. The molecule has 0 bridgehead atoms. The third kappa shape index (κ3) is 4.09. The van der Waals surface area contributed by atoms with E-state index < -0.39 is 0 Å². The van der Waals surface area contributed by atoms with Gasteiger partial charge in [0, 0.05) is 28.1 Å². The van der Waals surface area contributed by atoms with Crippen LogP contribution >= 0.6 is 11.8 Å². The summed E-state index contributed by atoms with van der Waals surface area (Å²) in [5.74, 6) is 1.61. The first-order chi connectivity index (χ1) is 11.8. The summed E-state index contributed by atoms with van der Waals surface area (Å²) in [6.07, 6.45) is 0.472. The summed E-state index contributed by atoms with van der Waals surface area (Å²) in [4.78, 5) is 13.3. The van der Waals surface area contributed by atoms with Gasteiger partial charge in [-0.3, -0.25) is 4.79 Å². The van der Waals surface area contributed by atoms with Crippen LogP contribution in [0, 0.1) is 0 Å². The fourth-order valence-electron chi connectivity index (χ4n) is 2.48. The Morgan fingerprint density at radius 3 is 2.54 bits per heavy atom. The maximum atomic E-state index is 12.2. The van der Waals surface area contributed by atoms with Gasteiger partial charge in [0.05, 0.1) is 7.11 Å². The monoisotopic (exact) mass is 337 g/mol. The quantitative estimate of drug-likeness (QED) is 0.645. The number of rotatable bonds is 6. The van der Waals surface area contributed by atoms with Gasteiger partial charge < -0.3 is 10.1 Å². The number of hydrogen-bond acceptors (Lipinski definition) is 3. The zero-order valence-electron chi connectivity index (χ0n) is 13.5. The van der Waals surface area contributed by atoms with E-state index in [1.165, 1.54) is 0 Å². The summed E-state index contributed by atoms with van der Waals surface area (Å²) in [6, 6.07) is 21.9. The number of amides is 1. The average Bonchev–Trinajstić information content (AvgIpc) is 2.63. The van der Waals surface area contributed by atoms with Crippen molar-refractivity contribution < 1.29 is 9.53 Å². The molecule has 122 valence electrons. The van der Waals surface area contributed by atoms with E-state index in [4.69, 9.17) is 4.74 Å². The zero-order valence-corrected chi connectivity index (χ0v) is 14.3. The Morgan fingerprint density at radius 1 is 1.00 bits per heavy atom. The van der Waals surface area contributed by atoms with Crippen LogP contribution in [0.2, 0.25) is 0 Å². The van der Waals surface area contributed by atoms with E-state index in [0.717, 1.165) is 32.9 Å². The van der Waals surface area contributed by atoms with Crippen molar-refractivity contribution in [2.75, 3.05) is 18.2 Å². The second kappa shape index (κ2) is 7.88. The Kier molecular flexibility index (Phi) is 5.39. The molecule has 4 heteroatoms. The van der Waals surface area contributed by atoms with Crippen LogP contribution in [-0.4, -0.2) is 18.8 Å². The van der Waals surface area contributed by atoms with E-state index in [2.05, 4.69) is 5.32 Å². The van der Waals surface area contributed by atoms with E-state index in [9.17, 15) is 4.79 Å². The van der Waals surface area contributed by atoms with Crippen LogP contribution in [0.15, 0.2) is 71.6 Å². The van der Waals surface area contributed by atoms with E-state index >= 15 is 0 Å². The van der Waals surface area contributed by atoms with Crippen molar-refractivity contribution in [3.05, 3.63) is 66.7 Å². The number of methoxy groups -OCH3 is 1. The topological polar surface area (TPSA) is 38.3 Å². The highest BCUT2D eigenvalue weighted by Crippen LogP contribution is 2.24. The van der Waals surface area contributed by atoms with Crippen molar-refractivity contribution in [1.29, 1.82) is 0 Å². The van der Waals surface area contributed by atoms with Gasteiger partial charge in [-0.15, -0.1) is 11.8 Å². The minimum atomic E-state index is 0.0346. The van der Waals surface area contributed by atoms with Gasteiger partial charge in [-0.1, -0.05) is 36.4 Å². The molecular formula is C20H19NO2S. The van der Waals surface area contributed by atoms with E-state index in [-0.39, 0.29) is 5.91 Å². The fourth-order valence-corrected chi connectivity index (χ4v) is 3.33. The van der Waals surface area contributed by atoms with E-state index in [0.29, 0.717) is 6.42 Å². The first-order valence-corrected chi connectivity index (χ1v) is 8.79. The minimum absolute atomic E-state index is 0.0346. The molecule has 0 unspecified atom stereocenters. The molecule has 0 atom stereocenters. The molecule has 0 radical (unpaired) electrons. The van der Waals surface area contributed by atoms with Gasteiger partial charge in [-0.2, -0.15) is 0 Å². The summed E-state index contributed by atoms with van der Waals surface area (Å²) in [5, 5.41) is 5.21. The summed E-state index contributed by atoms with van der Waals surface area (Å²) < 4.78 is 5.14. The molecule has 3 rings (SSSR count). The standard InChI is InChI=1S/C20H19NO2S/c1-23-16-9-11-17(12-10-16)24-14-13-20(22)21-19-8-4-6-15-5-2-3-7-18(15)19/h2-12H,13-14H2,1H3,(H,21,22). The lowest BCUT2D eigenvalue weighted by Crippen LogP contribution is -2.12. The number of anilines is 1. The number of carbonyl (C=O) groups excluding carboxylic acids is 1. The van der Waals surface area contributed by atoms with Crippen LogP contribution in [-0.2, 0) is 4.79 Å². The number of carbonyl (C=O) groups is 1. The fraction of sp³-hybridized carbons (Fsp3) is 0.150. The predicted octanol–water partition coefficient (Wildman–Crippen LogP) is 4.97. The Labute approximate surface area is 146 Å². The van der Waals surface area contributed by atoms with Gasteiger partial charge in [-0.25, -0.2) is 0 Å². The lowest BCUT2D eigenvalue weighted by molar-refractivity contribution is -0.115. The third-order valence-corrected chi connectivity index (χ3v) is 4.73. The molecule has 0 heterocycles. The Balaban J connectivity index is 1.55. The number of benzene rings is 3. The van der Waals surface area contributed by atoms with Crippen molar-refractivity contribution in [3.63, 3.8) is 0 Å². The number of thioether (sulfide) groups is 1. The van der Waals surface area contributed by atoms with Gasteiger partial charge in [0.1, 0.15) is 5.75 Å². The molecule has 3 aromatic carbocycles. The third-order valence-electron chi connectivity index (χ3n) is 3.72. The highest BCUT2D eigenvalue weighted by atomic mass is 32.2. The zero-order chi connectivity index (χ0) is 16.8. The molecule has 0 aliphatic rings. The molecular weight excluding hydrogens is 318 g/mol. The molecule has 24 heavy (non-hydrogen) atoms. The highest BCUT2D eigenvalue weighted by molar-refractivity contribution is 7.99. The van der Waals surface area contributed by atoms with Crippen LogP contribution < -0.4 is 10.1 Å². The molecule has 3 aromatic rings. The molecule has 0 aliphatic heterocycles. The van der Waals surface area contributed by atoms with Crippen LogP contribution in [0.4, 0.5) is 5.69 Å². The Bertz CT molecular complexity index is 825. The number of nitrogens with one attached hydrogen (secondary N) is 1. The van der Waals surface area contributed by atoms with Gasteiger partial charge >= 0.3 is 0 Å². The average molecular weight is 337 g/mol. The predicted molar refractivity (Wildman–Crippen MR) is 101 cm³/mol. The van der Waals surface area contributed by atoms with Crippen molar-refractivity contribution in [3.8, 4) is 5.75 Å². The smallest absolute Gasteiger partial charge is 0.225 e. The van der Waals surface area contributed by atoms with Crippen LogP contribution in [0.5, 0.6) is 5.75 Å². The number of ether oxygens (including phenoxy) is 1. The lowest BCUT2D eigenvalue weighted by atomic mass is 10.1. The minimum Gasteiger partial charge on any atom is -0.497 e. The summed E-state index contributed by atoms with van der Waals surface area (Å²) in [6.45, 7) is 0. The highest BCUT2D eigenvalue weighted by Gasteiger charge is 2.06. The molecule has 1 amide bonds. The molecule has 0 spiro atoms. The van der Waals surface area contributed by atoms with Crippen molar-refractivity contribution >= 4 is 34.1 Å².